The highest BCUT2D eigenvalue weighted by Crippen LogP contribution is 2.35. The van der Waals surface area contributed by atoms with Crippen molar-refractivity contribution in [2.24, 2.45) is 11.1 Å². The summed E-state index contributed by atoms with van der Waals surface area (Å²) in [7, 11) is -3.63. The number of hydrogen-bond donors (Lipinski definition) is 2. The van der Waals surface area contributed by atoms with Crippen LogP contribution in [0.25, 0.3) is 0 Å². The third kappa shape index (κ3) is 3.14. The van der Waals surface area contributed by atoms with Crippen LogP contribution in [0.15, 0.2) is 0 Å². The molecule has 7 nitrogen and oxygen atoms in total. The Morgan fingerprint density at radius 2 is 1.95 bits per heavy atom. The van der Waals surface area contributed by atoms with Gasteiger partial charge in [0.1, 0.15) is 0 Å². The van der Waals surface area contributed by atoms with Crippen LogP contribution in [-0.4, -0.2) is 61.4 Å². The van der Waals surface area contributed by atoms with Crippen LogP contribution in [-0.2, 0) is 10.2 Å². The van der Waals surface area contributed by atoms with Gasteiger partial charge in [0.05, 0.1) is 18.0 Å². The minimum atomic E-state index is -3.63. The second-order valence-electron chi connectivity index (χ2n) is 7.12. The van der Waals surface area contributed by atoms with Crippen molar-refractivity contribution < 1.29 is 8.42 Å². The van der Waals surface area contributed by atoms with Crippen LogP contribution in [0.1, 0.15) is 32.6 Å². The van der Waals surface area contributed by atoms with Gasteiger partial charge in [-0.3, -0.25) is 4.90 Å². The van der Waals surface area contributed by atoms with E-state index in [4.69, 9.17) is 10.4 Å². The van der Waals surface area contributed by atoms with E-state index in [9.17, 15) is 8.42 Å². The number of nitrogens with two attached hydrogens (primary N) is 1. The predicted molar refractivity (Wildman–Crippen MR) is 82.9 cm³/mol. The van der Waals surface area contributed by atoms with E-state index in [1.807, 2.05) is 0 Å². The summed E-state index contributed by atoms with van der Waals surface area (Å²) in [5.41, 5.74) is -0.334. The van der Waals surface area contributed by atoms with Crippen molar-refractivity contribution in [1.29, 1.82) is 5.26 Å². The molecule has 2 heterocycles. The lowest BCUT2D eigenvalue weighted by Gasteiger charge is -2.55. The molecule has 0 radical (unpaired) electrons. The summed E-state index contributed by atoms with van der Waals surface area (Å²) in [5.74, 6) is 0.804. The standard InChI is InChI=1S/C14H25N5O2S/c1-11-8-13(11)17-12-2-6-18(7-3-12)14(4-5-15)9-19(10-14)22(16,20)21/h11-13,17H,2-4,6-10H2,1H3,(H2,16,20,21)/t11-,13?/m1/s1. The summed E-state index contributed by atoms with van der Waals surface area (Å²) >= 11 is 0. The van der Waals surface area contributed by atoms with E-state index in [0.717, 1.165) is 31.8 Å². The van der Waals surface area contributed by atoms with Crippen LogP contribution in [0.3, 0.4) is 0 Å². The van der Waals surface area contributed by atoms with Crippen LogP contribution in [0, 0.1) is 17.2 Å². The molecule has 1 saturated carbocycles. The molecule has 0 aromatic rings. The number of rotatable bonds is 5. The molecule has 1 unspecified atom stereocenters. The zero-order valence-corrected chi connectivity index (χ0v) is 13.8. The molecule has 124 valence electrons. The van der Waals surface area contributed by atoms with E-state index >= 15 is 0 Å². The van der Waals surface area contributed by atoms with Gasteiger partial charge in [0.25, 0.3) is 10.2 Å². The lowest BCUT2D eigenvalue weighted by Crippen LogP contribution is -2.73. The van der Waals surface area contributed by atoms with Crippen LogP contribution in [0.4, 0.5) is 0 Å². The fraction of sp³-hybridized carbons (Fsp3) is 0.929. The summed E-state index contributed by atoms with van der Waals surface area (Å²) in [5, 5.41) is 18.0. The molecular weight excluding hydrogens is 302 g/mol. The van der Waals surface area contributed by atoms with E-state index < -0.39 is 10.2 Å². The highest BCUT2D eigenvalue weighted by Gasteiger charge is 2.51. The molecule has 22 heavy (non-hydrogen) atoms. The van der Waals surface area contributed by atoms with Gasteiger partial charge in [-0.05, 0) is 25.2 Å². The molecule has 3 fully saturated rings. The van der Waals surface area contributed by atoms with Gasteiger partial charge in [0.2, 0.25) is 0 Å². The van der Waals surface area contributed by atoms with Crippen LogP contribution in [0.2, 0.25) is 0 Å². The van der Waals surface area contributed by atoms with E-state index in [-0.39, 0.29) is 5.54 Å². The number of nitrogens with zero attached hydrogens (tertiary/aromatic N) is 3. The highest BCUT2D eigenvalue weighted by atomic mass is 32.2. The molecule has 3 rings (SSSR count). The number of nitrogens with one attached hydrogen (secondary N) is 1. The first-order valence-electron chi connectivity index (χ1n) is 8.00. The van der Waals surface area contributed by atoms with Crippen molar-refractivity contribution in [3.05, 3.63) is 0 Å². The molecule has 3 N–H and O–H groups in total. The number of likely N-dealkylation sites (tertiary alicyclic amines) is 1. The predicted octanol–water partition coefficient (Wildman–Crippen LogP) is -0.380. The number of piperidine rings is 1. The zero-order chi connectivity index (χ0) is 16.0. The quantitative estimate of drug-likeness (QED) is 0.716. The fourth-order valence-corrected chi connectivity index (χ4v) is 4.58. The minimum absolute atomic E-state index is 0.334. The first kappa shape index (κ1) is 16.1. The number of nitriles is 1. The largest absolute Gasteiger partial charge is 0.311 e. The van der Waals surface area contributed by atoms with E-state index in [2.05, 4.69) is 23.2 Å². The molecule has 2 aliphatic heterocycles. The average Bonchev–Trinajstić information content (AvgIpc) is 3.08. The van der Waals surface area contributed by atoms with Crippen LogP contribution in [0.5, 0.6) is 0 Å². The van der Waals surface area contributed by atoms with Gasteiger partial charge in [-0.2, -0.15) is 18.0 Å². The Balaban J connectivity index is 1.55. The van der Waals surface area contributed by atoms with Gasteiger partial charge < -0.3 is 5.32 Å². The van der Waals surface area contributed by atoms with Crippen molar-refractivity contribution in [2.45, 2.75) is 50.2 Å². The summed E-state index contributed by atoms with van der Waals surface area (Å²) < 4.78 is 24.0. The molecule has 8 heteroatoms. The SMILES string of the molecule is C[C@@H]1CC1NC1CCN(C2(CC#N)CN(S(N)(=O)=O)C2)CC1. The van der Waals surface area contributed by atoms with E-state index in [1.54, 1.807) is 0 Å². The Kier molecular flexibility index (Phi) is 4.20. The summed E-state index contributed by atoms with van der Waals surface area (Å²) in [6.07, 6.45) is 3.76. The van der Waals surface area contributed by atoms with Crippen LogP contribution >= 0.6 is 0 Å². The molecule has 0 bridgehead atoms. The van der Waals surface area contributed by atoms with Crippen molar-refractivity contribution in [2.75, 3.05) is 26.2 Å². The highest BCUT2D eigenvalue weighted by molar-refractivity contribution is 7.86. The molecule has 0 aromatic carbocycles. The van der Waals surface area contributed by atoms with Crippen LogP contribution < -0.4 is 10.5 Å². The summed E-state index contributed by atoms with van der Waals surface area (Å²) in [6.45, 7) is 4.79. The monoisotopic (exact) mass is 327 g/mol. The Morgan fingerprint density at radius 1 is 1.36 bits per heavy atom. The second kappa shape index (κ2) is 5.73. The van der Waals surface area contributed by atoms with Gasteiger partial charge in [-0.25, -0.2) is 5.14 Å². The molecular formula is C14H25N5O2S. The Morgan fingerprint density at radius 3 is 2.41 bits per heavy atom. The van der Waals surface area contributed by atoms with Gasteiger partial charge >= 0.3 is 0 Å². The fourth-order valence-electron chi connectivity index (χ4n) is 3.74. The summed E-state index contributed by atoms with van der Waals surface area (Å²) in [4.78, 5) is 2.30. The molecule has 0 spiro atoms. The first-order valence-corrected chi connectivity index (χ1v) is 9.50. The minimum Gasteiger partial charge on any atom is -0.311 e. The summed E-state index contributed by atoms with van der Waals surface area (Å²) in [6, 6.07) is 3.46. The third-order valence-corrected chi connectivity index (χ3v) is 6.41. The maximum Gasteiger partial charge on any atom is 0.277 e. The topological polar surface area (TPSA) is 102 Å². The maximum atomic E-state index is 11.4. The Hall–Kier alpha value is -0.720. The van der Waals surface area contributed by atoms with Gasteiger partial charge in [-0.1, -0.05) is 6.92 Å². The molecule has 0 amide bonds. The Labute approximate surface area is 132 Å². The normalized spacial score (nSPS) is 33.1. The Bertz CT molecular complexity index is 558. The molecule has 1 aliphatic carbocycles. The molecule has 0 aromatic heterocycles. The third-order valence-electron chi connectivity index (χ3n) is 5.43. The molecule has 2 saturated heterocycles. The van der Waals surface area contributed by atoms with Gasteiger partial charge in [0.15, 0.2) is 0 Å². The van der Waals surface area contributed by atoms with Crippen molar-refractivity contribution >= 4 is 10.2 Å². The van der Waals surface area contributed by atoms with Gasteiger partial charge in [0, 0.05) is 38.3 Å². The smallest absolute Gasteiger partial charge is 0.277 e. The second-order valence-corrected chi connectivity index (χ2v) is 8.67. The van der Waals surface area contributed by atoms with Crippen molar-refractivity contribution in [3.63, 3.8) is 0 Å². The maximum absolute atomic E-state index is 11.4. The zero-order valence-electron chi connectivity index (χ0n) is 13.0. The number of hydrogen-bond acceptors (Lipinski definition) is 5. The lowest BCUT2D eigenvalue weighted by molar-refractivity contribution is -0.0256. The molecule has 2 atom stereocenters. The average molecular weight is 327 g/mol. The van der Waals surface area contributed by atoms with E-state index in [1.165, 1.54) is 10.7 Å². The lowest BCUT2D eigenvalue weighted by atomic mass is 9.84. The molecule has 3 aliphatic rings. The van der Waals surface area contributed by atoms with Crippen molar-refractivity contribution in [1.82, 2.24) is 14.5 Å². The van der Waals surface area contributed by atoms with Gasteiger partial charge in [-0.15, -0.1) is 0 Å². The van der Waals surface area contributed by atoms with Crippen molar-refractivity contribution in [3.8, 4) is 6.07 Å². The van der Waals surface area contributed by atoms with E-state index in [0.29, 0.717) is 31.6 Å². The first-order chi connectivity index (χ1) is 10.3.